The number of nitrogens with zero attached hydrogens (tertiary/aromatic N) is 4. The standard InChI is InChI=1S/C34H47N5O2/c1-5-6-10-29(23-27(2)3)26-37-16-13-31(14-17-37)38-18-20-39(21-19-38)34-33(40)24-30(25-36-34)28(4)35-15-22-41-32-11-8-7-9-12-32/h5-12,23-25,31,35,40H,4,13-22,26H2,1-3H3/b6-5+,29-10+. The van der Waals surface area contributed by atoms with Crippen LogP contribution in [0.25, 0.3) is 5.70 Å². The summed E-state index contributed by atoms with van der Waals surface area (Å²) in [5, 5.41) is 14.1. The minimum atomic E-state index is 0.200. The fourth-order valence-electron chi connectivity index (χ4n) is 5.58. The molecule has 0 spiro atoms. The maximum absolute atomic E-state index is 10.8. The fraction of sp³-hybridized carbons (Fsp3) is 0.441. The number of rotatable bonds is 12. The lowest BCUT2D eigenvalue weighted by Crippen LogP contribution is -2.53. The summed E-state index contributed by atoms with van der Waals surface area (Å²) in [6.07, 6.45) is 13.0. The summed E-state index contributed by atoms with van der Waals surface area (Å²) in [5.74, 6) is 1.70. The van der Waals surface area contributed by atoms with Crippen LogP contribution in [0.3, 0.4) is 0 Å². The Balaban J connectivity index is 1.20. The van der Waals surface area contributed by atoms with E-state index in [2.05, 4.69) is 76.7 Å². The number of anilines is 1. The van der Waals surface area contributed by atoms with Crippen molar-refractivity contribution in [1.29, 1.82) is 0 Å². The van der Waals surface area contributed by atoms with Crippen LogP contribution in [0.4, 0.5) is 5.82 Å². The van der Waals surface area contributed by atoms with Crippen LogP contribution in [0.2, 0.25) is 0 Å². The molecule has 1 aromatic carbocycles. The maximum Gasteiger partial charge on any atom is 0.171 e. The Morgan fingerprint density at radius 2 is 1.83 bits per heavy atom. The first-order valence-corrected chi connectivity index (χ1v) is 14.9. The monoisotopic (exact) mass is 557 g/mol. The number of ether oxygens (including phenoxy) is 1. The Kier molecular flexibility index (Phi) is 11.5. The molecule has 0 amide bonds. The van der Waals surface area contributed by atoms with Gasteiger partial charge in [0.05, 0.1) is 0 Å². The van der Waals surface area contributed by atoms with Crippen molar-refractivity contribution in [2.24, 2.45) is 0 Å². The molecular weight excluding hydrogens is 510 g/mol. The molecule has 7 heteroatoms. The van der Waals surface area contributed by atoms with Crippen molar-refractivity contribution in [2.75, 3.05) is 63.9 Å². The Bertz CT molecular complexity index is 1200. The summed E-state index contributed by atoms with van der Waals surface area (Å²) in [5.41, 5.74) is 4.22. The molecule has 7 nitrogen and oxygen atoms in total. The minimum Gasteiger partial charge on any atom is -0.504 e. The summed E-state index contributed by atoms with van der Waals surface area (Å²) in [4.78, 5) is 12.0. The van der Waals surface area contributed by atoms with Gasteiger partial charge in [-0.2, -0.15) is 0 Å². The zero-order valence-electron chi connectivity index (χ0n) is 25.1. The predicted molar refractivity (Wildman–Crippen MR) is 170 cm³/mol. The van der Waals surface area contributed by atoms with Crippen molar-refractivity contribution in [3.05, 3.63) is 90.2 Å². The van der Waals surface area contributed by atoms with Crippen molar-refractivity contribution in [1.82, 2.24) is 20.1 Å². The molecule has 2 fully saturated rings. The number of aromatic nitrogens is 1. The molecular formula is C34H47N5O2. The summed E-state index contributed by atoms with van der Waals surface area (Å²) < 4.78 is 5.72. The van der Waals surface area contributed by atoms with Gasteiger partial charge in [0.25, 0.3) is 0 Å². The molecule has 3 heterocycles. The molecule has 0 atom stereocenters. The van der Waals surface area contributed by atoms with Crippen LogP contribution in [0.1, 0.15) is 39.2 Å². The van der Waals surface area contributed by atoms with Gasteiger partial charge >= 0.3 is 0 Å². The number of allylic oxidation sites excluding steroid dienone is 4. The van der Waals surface area contributed by atoms with E-state index in [4.69, 9.17) is 4.74 Å². The molecule has 2 aliphatic rings. The molecule has 2 N–H and O–H groups in total. The van der Waals surface area contributed by atoms with E-state index in [0.29, 0.717) is 25.0 Å². The van der Waals surface area contributed by atoms with Gasteiger partial charge in [-0.25, -0.2) is 4.98 Å². The maximum atomic E-state index is 10.8. The largest absolute Gasteiger partial charge is 0.504 e. The molecule has 220 valence electrons. The van der Waals surface area contributed by atoms with E-state index in [0.717, 1.165) is 62.8 Å². The number of pyridine rings is 1. The van der Waals surface area contributed by atoms with Crippen molar-refractivity contribution >= 4 is 11.5 Å². The number of piperidine rings is 1. The molecule has 41 heavy (non-hydrogen) atoms. The summed E-state index contributed by atoms with van der Waals surface area (Å²) in [6, 6.07) is 12.1. The van der Waals surface area contributed by atoms with Gasteiger partial charge in [-0.15, -0.1) is 0 Å². The molecule has 0 bridgehead atoms. The molecule has 0 radical (unpaired) electrons. The van der Waals surface area contributed by atoms with E-state index in [1.54, 1.807) is 12.3 Å². The van der Waals surface area contributed by atoms with E-state index in [1.807, 2.05) is 30.3 Å². The van der Waals surface area contributed by atoms with Crippen molar-refractivity contribution in [3.63, 3.8) is 0 Å². The third-order valence-electron chi connectivity index (χ3n) is 7.72. The lowest BCUT2D eigenvalue weighted by Gasteiger charge is -2.43. The van der Waals surface area contributed by atoms with Gasteiger partial charge in [-0.3, -0.25) is 9.80 Å². The van der Waals surface area contributed by atoms with Gasteiger partial charge < -0.3 is 20.1 Å². The van der Waals surface area contributed by atoms with Crippen LogP contribution < -0.4 is 15.0 Å². The van der Waals surface area contributed by atoms with Gasteiger partial charge in [0, 0.05) is 62.8 Å². The van der Waals surface area contributed by atoms with E-state index < -0.39 is 0 Å². The molecule has 1 aromatic heterocycles. The summed E-state index contributed by atoms with van der Waals surface area (Å²) in [7, 11) is 0. The number of nitrogens with one attached hydrogen (secondary N) is 1. The highest BCUT2D eigenvalue weighted by atomic mass is 16.5. The average molecular weight is 558 g/mol. The van der Waals surface area contributed by atoms with Gasteiger partial charge in [0.2, 0.25) is 0 Å². The van der Waals surface area contributed by atoms with Crippen LogP contribution in [0.5, 0.6) is 11.5 Å². The van der Waals surface area contributed by atoms with Gasteiger partial charge in [0.15, 0.2) is 11.6 Å². The van der Waals surface area contributed by atoms with Crippen LogP contribution >= 0.6 is 0 Å². The Morgan fingerprint density at radius 3 is 2.49 bits per heavy atom. The van der Waals surface area contributed by atoms with Crippen molar-refractivity contribution in [3.8, 4) is 11.5 Å². The molecule has 0 aliphatic carbocycles. The number of para-hydroxylation sites is 1. The Labute approximate surface area is 246 Å². The Morgan fingerprint density at radius 1 is 1.10 bits per heavy atom. The van der Waals surface area contributed by atoms with E-state index >= 15 is 0 Å². The summed E-state index contributed by atoms with van der Waals surface area (Å²) >= 11 is 0. The first-order chi connectivity index (χ1) is 19.9. The molecule has 2 aromatic rings. The van der Waals surface area contributed by atoms with E-state index in [9.17, 15) is 5.11 Å². The zero-order chi connectivity index (χ0) is 29.0. The second kappa shape index (κ2) is 15.5. The second-order valence-electron chi connectivity index (χ2n) is 11.2. The first kappa shape index (κ1) is 30.4. The second-order valence-corrected chi connectivity index (χ2v) is 11.2. The fourth-order valence-corrected chi connectivity index (χ4v) is 5.58. The highest BCUT2D eigenvalue weighted by Crippen LogP contribution is 2.29. The number of hydrogen-bond donors (Lipinski definition) is 2. The van der Waals surface area contributed by atoms with Crippen molar-refractivity contribution < 1.29 is 9.84 Å². The third kappa shape index (κ3) is 9.23. The quantitative estimate of drug-likeness (QED) is 0.265. The minimum absolute atomic E-state index is 0.200. The number of aromatic hydroxyl groups is 1. The molecule has 2 saturated heterocycles. The Hall–Kier alpha value is -3.55. The third-order valence-corrected chi connectivity index (χ3v) is 7.72. The highest BCUT2D eigenvalue weighted by Gasteiger charge is 2.28. The smallest absolute Gasteiger partial charge is 0.171 e. The number of piperazine rings is 1. The van der Waals surface area contributed by atoms with Crippen LogP contribution in [0, 0.1) is 0 Å². The van der Waals surface area contributed by atoms with Crippen LogP contribution in [-0.4, -0.2) is 84.9 Å². The number of likely N-dealkylation sites (tertiary alicyclic amines) is 1. The van der Waals surface area contributed by atoms with Gasteiger partial charge in [-0.05, 0) is 70.5 Å². The van der Waals surface area contributed by atoms with E-state index in [-0.39, 0.29) is 5.75 Å². The van der Waals surface area contributed by atoms with Crippen molar-refractivity contribution in [2.45, 2.75) is 39.7 Å². The molecule has 2 aliphatic heterocycles. The van der Waals surface area contributed by atoms with Gasteiger partial charge in [-0.1, -0.05) is 54.7 Å². The number of hydrogen-bond acceptors (Lipinski definition) is 7. The van der Waals surface area contributed by atoms with Crippen LogP contribution in [-0.2, 0) is 0 Å². The molecule has 0 unspecified atom stereocenters. The topological polar surface area (TPSA) is 64.1 Å². The van der Waals surface area contributed by atoms with Gasteiger partial charge in [0.1, 0.15) is 12.4 Å². The summed E-state index contributed by atoms with van der Waals surface area (Å²) in [6.45, 7) is 18.6. The molecule has 4 rings (SSSR count). The highest BCUT2D eigenvalue weighted by molar-refractivity contribution is 5.65. The number of benzene rings is 1. The van der Waals surface area contributed by atoms with Crippen LogP contribution in [0.15, 0.2) is 84.6 Å². The average Bonchev–Trinajstić information content (AvgIpc) is 2.99. The predicted octanol–water partition coefficient (Wildman–Crippen LogP) is 5.48. The lowest BCUT2D eigenvalue weighted by molar-refractivity contribution is 0.108. The zero-order valence-corrected chi connectivity index (χ0v) is 25.1. The van der Waals surface area contributed by atoms with E-state index in [1.165, 1.54) is 24.0 Å². The first-order valence-electron chi connectivity index (χ1n) is 14.9. The molecule has 0 saturated carbocycles. The lowest BCUT2D eigenvalue weighted by atomic mass is 10.0. The normalized spacial score (nSPS) is 17.5. The SMILES string of the molecule is C=C(NCCOc1ccccc1)c1cnc(N2CCN(C3CCN(C/C(C=C(C)C)=C/C=C/C)CC3)CC2)c(O)c1.